The van der Waals surface area contributed by atoms with Crippen LogP contribution in [0.1, 0.15) is 234 Å². The van der Waals surface area contributed by atoms with Gasteiger partial charge >= 0.3 is 17.9 Å². The van der Waals surface area contributed by atoms with Crippen molar-refractivity contribution < 1.29 is 28.6 Å². The molecule has 0 amide bonds. The normalized spacial score (nSPS) is 12.6. The van der Waals surface area contributed by atoms with Crippen molar-refractivity contribution in [3.05, 3.63) is 0 Å². The molecule has 0 aromatic rings. The standard InChI is InChI=1S/C44H84O6/c1-6-8-9-22-29-34-42(45)48-37-41(38-49-43(46)35-30-25-20-17-16-19-24-28-33-40(5)7-2)50-44(47)36-31-26-21-15-13-11-10-12-14-18-23-27-32-39(3)4/h39-41H,6-38H2,1-5H3/t40?,41-/m1/s1. The molecule has 0 aliphatic rings. The van der Waals surface area contributed by atoms with Crippen LogP contribution in [0.4, 0.5) is 0 Å². The minimum atomic E-state index is -0.758. The minimum Gasteiger partial charge on any atom is -0.462 e. The molecular weight excluding hydrogens is 624 g/mol. The Morgan fingerprint density at radius 2 is 0.760 bits per heavy atom. The molecule has 0 saturated carbocycles. The summed E-state index contributed by atoms with van der Waals surface area (Å²) < 4.78 is 16.6. The van der Waals surface area contributed by atoms with Crippen molar-refractivity contribution in [2.45, 2.75) is 240 Å². The minimum absolute atomic E-state index is 0.0665. The van der Waals surface area contributed by atoms with Crippen LogP contribution in [0.2, 0.25) is 0 Å². The summed E-state index contributed by atoms with van der Waals surface area (Å²) in [6.45, 7) is 11.3. The second-order valence-corrected chi connectivity index (χ2v) is 15.7. The lowest BCUT2D eigenvalue weighted by molar-refractivity contribution is -0.167. The van der Waals surface area contributed by atoms with Crippen LogP contribution in [-0.4, -0.2) is 37.2 Å². The van der Waals surface area contributed by atoms with Crippen LogP contribution in [0.5, 0.6) is 0 Å². The van der Waals surface area contributed by atoms with Crippen LogP contribution in [0, 0.1) is 11.8 Å². The smallest absolute Gasteiger partial charge is 0.306 e. The highest BCUT2D eigenvalue weighted by molar-refractivity contribution is 5.71. The number of hydrogen-bond acceptors (Lipinski definition) is 6. The van der Waals surface area contributed by atoms with Gasteiger partial charge in [-0.2, -0.15) is 0 Å². The van der Waals surface area contributed by atoms with Crippen LogP contribution in [0.25, 0.3) is 0 Å². The van der Waals surface area contributed by atoms with Gasteiger partial charge in [0, 0.05) is 19.3 Å². The third kappa shape index (κ3) is 36.2. The number of hydrogen-bond donors (Lipinski definition) is 0. The van der Waals surface area contributed by atoms with Crippen molar-refractivity contribution in [2.75, 3.05) is 13.2 Å². The van der Waals surface area contributed by atoms with E-state index < -0.39 is 6.10 Å². The summed E-state index contributed by atoms with van der Waals surface area (Å²) in [4.78, 5) is 37.4. The molecule has 1 unspecified atom stereocenters. The van der Waals surface area contributed by atoms with Crippen molar-refractivity contribution in [3.8, 4) is 0 Å². The third-order valence-electron chi connectivity index (χ3n) is 10.1. The van der Waals surface area contributed by atoms with E-state index in [4.69, 9.17) is 14.2 Å². The zero-order valence-electron chi connectivity index (χ0n) is 34.0. The first-order valence-electron chi connectivity index (χ1n) is 21.8. The Labute approximate surface area is 310 Å². The van der Waals surface area contributed by atoms with Crippen LogP contribution < -0.4 is 0 Å². The number of unbranched alkanes of at least 4 members (excludes halogenated alkanes) is 22. The van der Waals surface area contributed by atoms with Gasteiger partial charge in [0.05, 0.1) is 0 Å². The Bertz CT molecular complexity index is 766. The fourth-order valence-corrected chi connectivity index (χ4v) is 6.37. The maximum Gasteiger partial charge on any atom is 0.306 e. The van der Waals surface area contributed by atoms with Crippen LogP contribution in [0.15, 0.2) is 0 Å². The van der Waals surface area contributed by atoms with E-state index >= 15 is 0 Å². The van der Waals surface area contributed by atoms with E-state index in [1.807, 2.05) is 0 Å². The number of esters is 3. The van der Waals surface area contributed by atoms with Crippen LogP contribution >= 0.6 is 0 Å². The average molecular weight is 709 g/mol. The summed E-state index contributed by atoms with van der Waals surface area (Å²) in [6.07, 6.45) is 34.0. The average Bonchev–Trinajstić information content (AvgIpc) is 3.09. The van der Waals surface area contributed by atoms with Crippen molar-refractivity contribution in [1.82, 2.24) is 0 Å². The van der Waals surface area contributed by atoms with Crippen molar-refractivity contribution in [1.29, 1.82) is 0 Å². The summed E-state index contributed by atoms with van der Waals surface area (Å²) in [5.41, 5.74) is 0. The summed E-state index contributed by atoms with van der Waals surface area (Å²) >= 11 is 0. The van der Waals surface area contributed by atoms with Gasteiger partial charge in [0.15, 0.2) is 6.10 Å². The van der Waals surface area contributed by atoms with Gasteiger partial charge in [-0.3, -0.25) is 14.4 Å². The molecule has 0 spiro atoms. The molecule has 50 heavy (non-hydrogen) atoms. The molecule has 296 valence electrons. The van der Waals surface area contributed by atoms with Crippen molar-refractivity contribution >= 4 is 17.9 Å². The quantitative estimate of drug-likeness (QED) is 0.0361. The number of ether oxygens (including phenoxy) is 3. The molecule has 2 atom stereocenters. The predicted octanol–water partition coefficient (Wildman–Crippen LogP) is 13.4. The van der Waals surface area contributed by atoms with Crippen LogP contribution in [0.3, 0.4) is 0 Å². The van der Waals surface area contributed by atoms with Crippen LogP contribution in [-0.2, 0) is 28.6 Å². The first-order valence-corrected chi connectivity index (χ1v) is 21.8. The number of carbonyl (C=O) groups excluding carboxylic acids is 3. The van der Waals surface area contributed by atoms with E-state index in [-0.39, 0.29) is 31.1 Å². The highest BCUT2D eigenvalue weighted by Crippen LogP contribution is 2.17. The summed E-state index contributed by atoms with van der Waals surface area (Å²) in [6, 6.07) is 0. The van der Waals surface area contributed by atoms with Gasteiger partial charge in [-0.05, 0) is 31.1 Å². The number of carbonyl (C=O) groups is 3. The Kier molecular flexibility index (Phi) is 36.0. The fourth-order valence-electron chi connectivity index (χ4n) is 6.37. The largest absolute Gasteiger partial charge is 0.462 e. The predicted molar refractivity (Wildman–Crippen MR) is 210 cm³/mol. The SMILES string of the molecule is CCCCCCCC(=O)OC[C@H](COC(=O)CCCCCCCCCCC(C)CC)OC(=O)CCCCCCCCCCCCCCC(C)C. The fraction of sp³-hybridized carbons (Fsp3) is 0.932. The molecule has 0 aliphatic carbocycles. The zero-order valence-corrected chi connectivity index (χ0v) is 34.0. The van der Waals surface area contributed by atoms with Gasteiger partial charge in [0.25, 0.3) is 0 Å². The molecule has 0 saturated heterocycles. The van der Waals surface area contributed by atoms with E-state index in [9.17, 15) is 14.4 Å². The molecule has 0 N–H and O–H groups in total. The zero-order chi connectivity index (χ0) is 36.9. The maximum absolute atomic E-state index is 12.6. The molecule has 0 aromatic carbocycles. The van der Waals surface area contributed by atoms with E-state index in [0.29, 0.717) is 19.3 Å². The molecule has 0 radical (unpaired) electrons. The number of rotatable bonds is 38. The Morgan fingerprint density at radius 1 is 0.420 bits per heavy atom. The molecule has 0 heterocycles. The first-order chi connectivity index (χ1) is 24.3. The summed E-state index contributed by atoms with van der Waals surface area (Å²) in [5.74, 6) is 0.805. The second kappa shape index (κ2) is 37.2. The van der Waals surface area contributed by atoms with E-state index in [1.54, 1.807) is 0 Å². The molecule has 0 aromatic heterocycles. The summed E-state index contributed by atoms with van der Waals surface area (Å²) in [5, 5.41) is 0. The topological polar surface area (TPSA) is 78.9 Å². The van der Waals surface area contributed by atoms with Gasteiger partial charge in [0.2, 0.25) is 0 Å². The highest BCUT2D eigenvalue weighted by atomic mass is 16.6. The van der Waals surface area contributed by atoms with Gasteiger partial charge in [-0.1, -0.05) is 195 Å². The van der Waals surface area contributed by atoms with Crippen molar-refractivity contribution in [3.63, 3.8) is 0 Å². The second-order valence-electron chi connectivity index (χ2n) is 15.7. The lowest BCUT2D eigenvalue weighted by Gasteiger charge is -2.18. The van der Waals surface area contributed by atoms with Gasteiger partial charge < -0.3 is 14.2 Å². The highest BCUT2D eigenvalue weighted by Gasteiger charge is 2.19. The maximum atomic E-state index is 12.6. The first kappa shape index (κ1) is 48.4. The van der Waals surface area contributed by atoms with Gasteiger partial charge in [0.1, 0.15) is 13.2 Å². The molecule has 0 rings (SSSR count). The summed E-state index contributed by atoms with van der Waals surface area (Å²) in [7, 11) is 0. The molecule has 6 nitrogen and oxygen atoms in total. The monoisotopic (exact) mass is 709 g/mol. The van der Waals surface area contributed by atoms with E-state index in [2.05, 4.69) is 34.6 Å². The van der Waals surface area contributed by atoms with Gasteiger partial charge in [-0.25, -0.2) is 0 Å². The van der Waals surface area contributed by atoms with E-state index in [1.165, 1.54) is 116 Å². The third-order valence-corrected chi connectivity index (χ3v) is 10.1. The van der Waals surface area contributed by atoms with E-state index in [0.717, 1.165) is 76.0 Å². The Morgan fingerprint density at radius 3 is 1.14 bits per heavy atom. The lowest BCUT2D eigenvalue weighted by atomic mass is 9.99. The molecule has 0 bridgehead atoms. The van der Waals surface area contributed by atoms with Gasteiger partial charge in [-0.15, -0.1) is 0 Å². The Balaban J connectivity index is 4.22. The Hall–Kier alpha value is -1.59. The molecular formula is C44H84O6. The molecule has 0 aliphatic heterocycles. The molecule has 0 fully saturated rings. The lowest BCUT2D eigenvalue weighted by Crippen LogP contribution is -2.30. The molecule has 6 heteroatoms. The van der Waals surface area contributed by atoms with Crippen molar-refractivity contribution in [2.24, 2.45) is 11.8 Å².